The summed E-state index contributed by atoms with van der Waals surface area (Å²) in [7, 11) is 1.52. The van der Waals surface area contributed by atoms with Crippen LogP contribution >= 0.6 is 0 Å². The maximum atomic E-state index is 12.0. The third-order valence-corrected chi connectivity index (χ3v) is 3.59. The lowest BCUT2D eigenvalue weighted by molar-refractivity contribution is -0.124. The van der Waals surface area contributed by atoms with E-state index in [9.17, 15) is 9.59 Å². The molecule has 0 heterocycles. The van der Waals surface area contributed by atoms with Crippen molar-refractivity contribution in [3.8, 4) is 5.75 Å². The Morgan fingerprint density at radius 3 is 2.50 bits per heavy atom. The van der Waals surface area contributed by atoms with Gasteiger partial charge in [-0.1, -0.05) is 35.9 Å². The summed E-state index contributed by atoms with van der Waals surface area (Å²) in [6.45, 7) is 3.56. The van der Waals surface area contributed by atoms with Crippen LogP contribution < -0.4 is 10.1 Å². The highest BCUT2D eigenvalue weighted by Gasteiger charge is 2.13. The fraction of sp³-hybridized carbons (Fsp3) is 0.263. The summed E-state index contributed by atoms with van der Waals surface area (Å²) >= 11 is 0. The minimum Gasteiger partial charge on any atom is -0.497 e. The van der Waals surface area contributed by atoms with E-state index in [4.69, 9.17) is 9.47 Å². The summed E-state index contributed by atoms with van der Waals surface area (Å²) in [4.78, 5) is 23.9. The highest BCUT2D eigenvalue weighted by atomic mass is 16.5. The average Bonchev–Trinajstić information content (AvgIpc) is 2.60. The van der Waals surface area contributed by atoms with Crippen molar-refractivity contribution in [2.75, 3.05) is 13.7 Å². The molecule has 0 spiro atoms. The van der Waals surface area contributed by atoms with Crippen molar-refractivity contribution in [2.45, 2.75) is 19.9 Å². The number of esters is 1. The van der Waals surface area contributed by atoms with E-state index >= 15 is 0 Å². The number of aryl methyl sites for hydroxylation is 1. The number of hydrogen-bond acceptors (Lipinski definition) is 4. The Hall–Kier alpha value is -2.82. The van der Waals surface area contributed by atoms with E-state index < -0.39 is 5.97 Å². The summed E-state index contributed by atoms with van der Waals surface area (Å²) in [5.74, 6) is -0.353. The van der Waals surface area contributed by atoms with Crippen LogP contribution in [0.1, 0.15) is 34.5 Å². The van der Waals surface area contributed by atoms with Gasteiger partial charge in [-0.2, -0.15) is 0 Å². The summed E-state index contributed by atoms with van der Waals surface area (Å²) in [5.41, 5.74) is 2.49. The number of nitrogens with one attached hydrogen (secondary N) is 1. The van der Waals surface area contributed by atoms with Crippen LogP contribution in [0, 0.1) is 6.92 Å². The van der Waals surface area contributed by atoms with Crippen molar-refractivity contribution in [3.63, 3.8) is 0 Å². The fourth-order valence-electron chi connectivity index (χ4n) is 2.19. The van der Waals surface area contributed by atoms with E-state index in [1.165, 1.54) is 7.11 Å². The normalized spacial score (nSPS) is 11.5. The van der Waals surface area contributed by atoms with Gasteiger partial charge >= 0.3 is 5.97 Å². The van der Waals surface area contributed by atoms with Crippen LogP contribution in [0.15, 0.2) is 48.5 Å². The molecule has 2 aromatic rings. The van der Waals surface area contributed by atoms with Crippen LogP contribution in [0.4, 0.5) is 0 Å². The number of methoxy groups -OCH3 is 1. The first-order valence-electron chi connectivity index (χ1n) is 7.66. The Morgan fingerprint density at radius 1 is 1.12 bits per heavy atom. The SMILES string of the molecule is COc1cccc(C(=O)OCC(=O)N[C@@H](C)c2ccc(C)cc2)c1. The standard InChI is InChI=1S/C19H21NO4/c1-13-7-9-15(10-8-13)14(2)20-18(21)12-24-19(22)16-5-4-6-17(11-16)23-3/h4-11,14H,12H2,1-3H3,(H,20,21)/t14-/m0/s1. The van der Waals surface area contributed by atoms with E-state index in [-0.39, 0.29) is 18.6 Å². The molecule has 0 aliphatic rings. The molecule has 5 heteroatoms. The molecule has 0 bridgehead atoms. The number of carbonyl (C=O) groups is 2. The average molecular weight is 327 g/mol. The first-order valence-corrected chi connectivity index (χ1v) is 7.66. The van der Waals surface area contributed by atoms with Gasteiger partial charge in [0, 0.05) is 0 Å². The van der Waals surface area contributed by atoms with E-state index in [0.717, 1.165) is 11.1 Å². The van der Waals surface area contributed by atoms with E-state index in [1.54, 1.807) is 24.3 Å². The molecule has 24 heavy (non-hydrogen) atoms. The Labute approximate surface area is 141 Å². The Bertz CT molecular complexity index is 710. The van der Waals surface area contributed by atoms with Crippen molar-refractivity contribution in [3.05, 3.63) is 65.2 Å². The minimum absolute atomic E-state index is 0.159. The molecule has 0 radical (unpaired) electrons. The van der Waals surface area contributed by atoms with Crippen LogP contribution in [0.3, 0.4) is 0 Å². The molecule has 1 amide bonds. The lowest BCUT2D eigenvalue weighted by Gasteiger charge is -2.14. The van der Waals surface area contributed by atoms with Crippen LogP contribution in [0.25, 0.3) is 0 Å². The van der Waals surface area contributed by atoms with Crippen molar-refractivity contribution in [1.82, 2.24) is 5.32 Å². The van der Waals surface area contributed by atoms with E-state index in [2.05, 4.69) is 5.32 Å². The topological polar surface area (TPSA) is 64.6 Å². The predicted molar refractivity (Wildman–Crippen MR) is 91.0 cm³/mol. The van der Waals surface area contributed by atoms with E-state index in [1.807, 2.05) is 38.1 Å². The largest absolute Gasteiger partial charge is 0.497 e. The molecular formula is C19H21NO4. The second kappa shape index (κ2) is 8.15. The molecule has 1 N–H and O–H groups in total. The summed E-state index contributed by atoms with van der Waals surface area (Å²) in [5, 5.41) is 2.80. The molecule has 0 fully saturated rings. The fourth-order valence-corrected chi connectivity index (χ4v) is 2.19. The van der Waals surface area contributed by atoms with Crippen molar-refractivity contribution >= 4 is 11.9 Å². The number of benzene rings is 2. The van der Waals surface area contributed by atoms with Gasteiger partial charge in [-0.15, -0.1) is 0 Å². The molecule has 2 aromatic carbocycles. The van der Waals surface area contributed by atoms with Crippen LogP contribution in [0.2, 0.25) is 0 Å². The summed E-state index contributed by atoms with van der Waals surface area (Å²) in [6, 6.07) is 14.3. The molecule has 0 saturated heterocycles. The van der Waals surface area contributed by atoms with Crippen LogP contribution in [0.5, 0.6) is 5.75 Å². The van der Waals surface area contributed by atoms with Gasteiger partial charge in [0.2, 0.25) is 0 Å². The summed E-state index contributed by atoms with van der Waals surface area (Å²) in [6.07, 6.45) is 0. The quantitative estimate of drug-likeness (QED) is 0.828. The van der Waals surface area contributed by atoms with Gasteiger partial charge in [-0.25, -0.2) is 4.79 Å². The highest BCUT2D eigenvalue weighted by Crippen LogP contribution is 2.14. The second-order valence-electron chi connectivity index (χ2n) is 5.51. The molecule has 0 saturated carbocycles. The number of amides is 1. The number of ether oxygens (including phenoxy) is 2. The smallest absolute Gasteiger partial charge is 0.338 e. The Kier molecular flexibility index (Phi) is 5.95. The number of carbonyl (C=O) groups excluding carboxylic acids is 2. The highest BCUT2D eigenvalue weighted by molar-refractivity contribution is 5.91. The molecule has 1 atom stereocenters. The molecular weight excluding hydrogens is 306 g/mol. The third kappa shape index (κ3) is 4.84. The van der Waals surface area contributed by atoms with Gasteiger partial charge in [0.25, 0.3) is 5.91 Å². The van der Waals surface area contributed by atoms with Gasteiger partial charge in [0.1, 0.15) is 5.75 Å². The first kappa shape index (κ1) is 17.5. The van der Waals surface area contributed by atoms with Gasteiger partial charge in [0.05, 0.1) is 18.7 Å². The molecule has 126 valence electrons. The first-order chi connectivity index (χ1) is 11.5. The van der Waals surface area contributed by atoms with E-state index in [0.29, 0.717) is 11.3 Å². The molecule has 5 nitrogen and oxygen atoms in total. The number of rotatable bonds is 6. The molecule has 0 aliphatic carbocycles. The third-order valence-electron chi connectivity index (χ3n) is 3.59. The maximum Gasteiger partial charge on any atom is 0.338 e. The lowest BCUT2D eigenvalue weighted by atomic mass is 10.1. The second-order valence-corrected chi connectivity index (χ2v) is 5.51. The van der Waals surface area contributed by atoms with Crippen molar-refractivity contribution in [1.29, 1.82) is 0 Å². The minimum atomic E-state index is -0.563. The monoisotopic (exact) mass is 327 g/mol. The van der Waals surface area contributed by atoms with Crippen molar-refractivity contribution < 1.29 is 19.1 Å². The van der Waals surface area contributed by atoms with Gasteiger partial charge in [0.15, 0.2) is 6.61 Å². The van der Waals surface area contributed by atoms with Gasteiger partial charge in [-0.05, 0) is 37.6 Å². The maximum absolute atomic E-state index is 12.0. The zero-order chi connectivity index (χ0) is 17.5. The van der Waals surface area contributed by atoms with Gasteiger partial charge in [-0.3, -0.25) is 4.79 Å². The number of hydrogen-bond donors (Lipinski definition) is 1. The lowest BCUT2D eigenvalue weighted by Crippen LogP contribution is -2.31. The molecule has 0 aromatic heterocycles. The van der Waals surface area contributed by atoms with Crippen molar-refractivity contribution in [2.24, 2.45) is 0 Å². The van der Waals surface area contributed by atoms with Crippen LogP contribution in [-0.4, -0.2) is 25.6 Å². The van der Waals surface area contributed by atoms with Crippen LogP contribution in [-0.2, 0) is 9.53 Å². The summed E-state index contributed by atoms with van der Waals surface area (Å²) < 4.78 is 10.1. The predicted octanol–water partition coefficient (Wildman–Crippen LogP) is 3.04. The zero-order valence-corrected chi connectivity index (χ0v) is 14.0. The Balaban J connectivity index is 1.86. The molecule has 0 unspecified atom stereocenters. The van der Waals surface area contributed by atoms with Gasteiger partial charge < -0.3 is 14.8 Å². The molecule has 2 rings (SSSR count). The zero-order valence-electron chi connectivity index (χ0n) is 14.0. The Morgan fingerprint density at radius 2 is 1.83 bits per heavy atom. The molecule has 0 aliphatic heterocycles.